The molecule has 0 spiro atoms. The van der Waals surface area contributed by atoms with Gasteiger partial charge < -0.3 is 9.30 Å². The van der Waals surface area contributed by atoms with Gasteiger partial charge in [0.2, 0.25) is 0 Å². The van der Waals surface area contributed by atoms with Gasteiger partial charge in [-0.2, -0.15) is 0 Å². The molecule has 0 aliphatic rings. The molecule has 2 aromatic rings. The lowest BCUT2D eigenvalue weighted by atomic mass is 9.84. The molecule has 0 saturated carbocycles. The molecule has 0 atom stereocenters. The third-order valence-electron chi connectivity index (χ3n) is 3.81. The molecule has 1 aromatic heterocycles. The van der Waals surface area contributed by atoms with Crippen LogP contribution in [-0.2, 0) is 19.5 Å². The number of rotatable bonds is 2. The number of aromatic nitrogens is 2. The second-order valence-electron chi connectivity index (χ2n) is 6.59. The van der Waals surface area contributed by atoms with Crippen molar-refractivity contribution in [2.24, 2.45) is 14.1 Å². The SMILES string of the molecule is COc1c(Br)cc(-c2cn(C)c(=O)n(C)c2=O)cc1C(C)(C)C. The van der Waals surface area contributed by atoms with E-state index in [1.54, 1.807) is 20.4 Å². The minimum absolute atomic E-state index is 0.157. The van der Waals surface area contributed by atoms with E-state index in [-0.39, 0.29) is 16.7 Å². The molecule has 0 fully saturated rings. The molecule has 1 heterocycles. The van der Waals surface area contributed by atoms with Crippen molar-refractivity contribution in [3.05, 3.63) is 49.2 Å². The van der Waals surface area contributed by atoms with Crippen molar-refractivity contribution in [1.82, 2.24) is 9.13 Å². The lowest BCUT2D eigenvalue weighted by molar-refractivity contribution is 0.395. The molecule has 0 aliphatic carbocycles. The summed E-state index contributed by atoms with van der Waals surface area (Å²) in [6.07, 6.45) is 1.57. The Labute approximate surface area is 143 Å². The first-order valence-corrected chi connectivity index (χ1v) is 8.02. The van der Waals surface area contributed by atoms with Gasteiger partial charge in [0.1, 0.15) is 5.75 Å². The van der Waals surface area contributed by atoms with Crippen LogP contribution in [0.1, 0.15) is 26.3 Å². The monoisotopic (exact) mass is 380 g/mol. The van der Waals surface area contributed by atoms with Crippen molar-refractivity contribution in [3.8, 4) is 16.9 Å². The van der Waals surface area contributed by atoms with Gasteiger partial charge in [0.25, 0.3) is 5.56 Å². The van der Waals surface area contributed by atoms with Crippen molar-refractivity contribution in [2.75, 3.05) is 7.11 Å². The zero-order valence-corrected chi connectivity index (χ0v) is 15.8. The number of halogens is 1. The lowest BCUT2D eigenvalue weighted by Crippen LogP contribution is -2.37. The van der Waals surface area contributed by atoms with E-state index in [9.17, 15) is 9.59 Å². The standard InChI is InChI=1S/C17H21BrN2O3/c1-17(2,3)12-7-10(8-13(18)14(12)23-6)11-9-19(4)16(22)20(5)15(11)21/h7-9H,1-6H3. The van der Waals surface area contributed by atoms with Crippen molar-refractivity contribution in [3.63, 3.8) is 0 Å². The van der Waals surface area contributed by atoms with Crippen LogP contribution in [0.3, 0.4) is 0 Å². The van der Waals surface area contributed by atoms with E-state index in [1.807, 2.05) is 12.1 Å². The highest BCUT2D eigenvalue weighted by Crippen LogP contribution is 2.39. The van der Waals surface area contributed by atoms with Gasteiger partial charge in [-0.1, -0.05) is 20.8 Å². The lowest BCUT2D eigenvalue weighted by Gasteiger charge is -2.24. The first kappa shape index (κ1) is 17.5. The largest absolute Gasteiger partial charge is 0.495 e. The summed E-state index contributed by atoms with van der Waals surface area (Å²) in [5, 5.41) is 0. The van der Waals surface area contributed by atoms with Crippen LogP contribution in [-0.4, -0.2) is 16.2 Å². The maximum Gasteiger partial charge on any atom is 0.330 e. The predicted molar refractivity (Wildman–Crippen MR) is 95.3 cm³/mol. The molecule has 0 radical (unpaired) electrons. The van der Waals surface area contributed by atoms with Crippen LogP contribution in [0.2, 0.25) is 0 Å². The Bertz CT molecular complexity index is 873. The van der Waals surface area contributed by atoms with E-state index < -0.39 is 0 Å². The predicted octanol–water partition coefficient (Wildman–Crippen LogP) is 2.82. The van der Waals surface area contributed by atoms with Crippen LogP contribution in [0, 0.1) is 0 Å². The van der Waals surface area contributed by atoms with E-state index in [0.29, 0.717) is 5.56 Å². The van der Waals surface area contributed by atoms with Gasteiger partial charge in [-0.25, -0.2) is 4.79 Å². The third-order valence-corrected chi connectivity index (χ3v) is 4.40. The Morgan fingerprint density at radius 2 is 1.74 bits per heavy atom. The Morgan fingerprint density at radius 1 is 1.13 bits per heavy atom. The molecule has 0 N–H and O–H groups in total. The molecule has 0 unspecified atom stereocenters. The van der Waals surface area contributed by atoms with E-state index in [4.69, 9.17) is 4.74 Å². The number of ether oxygens (including phenoxy) is 1. The highest BCUT2D eigenvalue weighted by Gasteiger charge is 2.23. The highest BCUT2D eigenvalue weighted by molar-refractivity contribution is 9.10. The summed E-state index contributed by atoms with van der Waals surface area (Å²) >= 11 is 3.52. The van der Waals surface area contributed by atoms with Crippen LogP contribution in [0.5, 0.6) is 5.75 Å². The molecule has 23 heavy (non-hydrogen) atoms. The summed E-state index contributed by atoms with van der Waals surface area (Å²) < 4.78 is 8.80. The molecule has 0 saturated heterocycles. The summed E-state index contributed by atoms with van der Waals surface area (Å²) in [5.41, 5.74) is 1.39. The number of hydrogen-bond donors (Lipinski definition) is 0. The summed E-state index contributed by atoms with van der Waals surface area (Å²) in [4.78, 5) is 24.3. The summed E-state index contributed by atoms with van der Waals surface area (Å²) in [6, 6.07) is 3.79. The number of aryl methyl sites for hydroxylation is 1. The minimum atomic E-state index is -0.345. The molecule has 2 rings (SSSR count). The molecule has 1 aromatic carbocycles. The molecule has 0 bridgehead atoms. The molecular weight excluding hydrogens is 360 g/mol. The molecule has 0 aliphatic heterocycles. The van der Waals surface area contributed by atoms with Crippen molar-refractivity contribution >= 4 is 15.9 Å². The third kappa shape index (κ3) is 3.13. The Hall–Kier alpha value is -1.82. The van der Waals surface area contributed by atoms with Gasteiger partial charge in [0.05, 0.1) is 17.1 Å². The molecule has 0 amide bonds. The fraction of sp³-hybridized carbons (Fsp3) is 0.412. The Balaban J connectivity index is 2.84. The number of nitrogens with zero attached hydrogens (tertiary/aromatic N) is 2. The van der Waals surface area contributed by atoms with Crippen LogP contribution in [0.4, 0.5) is 0 Å². The average Bonchev–Trinajstić information content (AvgIpc) is 2.47. The van der Waals surface area contributed by atoms with Gasteiger partial charge in [-0.3, -0.25) is 9.36 Å². The van der Waals surface area contributed by atoms with Crippen LogP contribution in [0.15, 0.2) is 32.4 Å². The maximum atomic E-state index is 12.5. The van der Waals surface area contributed by atoms with E-state index >= 15 is 0 Å². The van der Waals surface area contributed by atoms with Gasteiger partial charge in [-0.05, 0) is 39.0 Å². The van der Waals surface area contributed by atoms with Gasteiger partial charge in [0.15, 0.2) is 0 Å². The fourth-order valence-corrected chi connectivity index (χ4v) is 3.14. The topological polar surface area (TPSA) is 53.2 Å². The summed E-state index contributed by atoms with van der Waals surface area (Å²) in [6.45, 7) is 6.25. The van der Waals surface area contributed by atoms with Gasteiger partial charge in [0, 0.05) is 25.9 Å². The number of methoxy groups -OCH3 is 1. The second-order valence-corrected chi connectivity index (χ2v) is 7.44. The van der Waals surface area contributed by atoms with E-state index in [1.165, 1.54) is 11.6 Å². The normalized spacial score (nSPS) is 11.6. The van der Waals surface area contributed by atoms with Gasteiger partial charge >= 0.3 is 5.69 Å². The smallest absolute Gasteiger partial charge is 0.330 e. The number of hydrogen-bond acceptors (Lipinski definition) is 3. The van der Waals surface area contributed by atoms with Gasteiger partial charge in [-0.15, -0.1) is 0 Å². The minimum Gasteiger partial charge on any atom is -0.495 e. The van der Waals surface area contributed by atoms with Crippen LogP contribution >= 0.6 is 15.9 Å². The highest BCUT2D eigenvalue weighted by atomic mass is 79.9. The van der Waals surface area contributed by atoms with Crippen molar-refractivity contribution in [2.45, 2.75) is 26.2 Å². The maximum absolute atomic E-state index is 12.5. The first-order valence-electron chi connectivity index (χ1n) is 7.23. The first-order chi connectivity index (χ1) is 10.6. The fourth-order valence-electron chi connectivity index (χ4n) is 2.52. The zero-order valence-electron chi connectivity index (χ0n) is 14.2. The average molecular weight is 381 g/mol. The summed E-state index contributed by atoms with van der Waals surface area (Å²) in [7, 11) is 4.74. The second kappa shape index (κ2) is 6.00. The summed E-state index contributed by atoms with van der Waals surface area (Å²) in [5.74, 6) is 0.753. The number of benzene rings is 1. The molecule has 6 heteroatoms. The Morgan fingerprint density at radius 3 is 2.26 bits per heavy atom. The van der Waals surface area contributed by atoms with E-state index in [0.717, 1.165) is 25.9 Å². The van der Waals surface area contributed by atoms with Crippen LogP contribution < -0.4 is 16.0 Å². The quantitative estimate of drug-likeness (QED) is 0.804. The van der Waals surface area contributed by atoms with E-state index in [2.05, 4.69) is 36.7 Å². The zero-order chi connectivity index (χ0) is 17.5. The molecular formula is C17H21BrN2O3. The van der Waals surface area contributed by atoms with Crippen LogP contribution in [0.25, 0.3) is 11.1 Å². The Kier molecular flexibility index (Phi) is 4.57. The molecule has 124 valence electrons. The molecule has 5 nitrogen and oxygen atoms in total. The van der Waals surface area contributed by atoms with Crippen molar-refractivity contribution in [1.29, 1.82) is 0 Å². The van der Waals surface area contributed by atoms with Crippen molar-refractivity contribution < 1.29 is 4.74 Å².